The summed E-state index contributed by atoms with van der Waals surface area (Å²) in [6.07, 6.45) is 2.06. The lowest BCUT2D eigenvalue weighted by Gasteiger charge is -2.08. The Morgan fingerprint density at radius 3 is 2.34 bits per heavy atom. The number of hydrogen-bond acceptors (Lipinski definition) is 1. The zero-order valence-electron chi connectivity index (χ0n) is 16.7. The number of aromatic amines is 2. The molecule has 0 radical (unpaired) electrons. The number of nitrogens with one attached hydrogen (secondary N) is 2. The number of hydrogen-bond donors (Lipinski definition) is 2. The van der Waals surface area contributed by atoms with E-state index in [2.05, 4.69) is 92.5 Å². The quantitative estimate of drug-likeness (QED) is 0.313. The largest absolute Gasteiger partial charge is 0.360 e. The van der Waals surface area contributed by atoms with E-state index in [0.29, 0.717) is 0 Å². The van der Waals surface area contributed by atoms with Crippen LogP contribution in [0.15, 0.2) is 60.8 Å². The Morgan fingerprint density at radius 2 is 1.48 bits per heavy atom. The lowest BCUT2D eigenvalue weighted by molar-refractivity contribution is 1.34. The van der Waals surface area contributed by atoms with Gasteiger partial charge in [0.1, 0.15) is 13.7 Å². The van der Waals surface area contributed by atoms with Gasteiger partial charge in [-0.1, -0.05) is 53.0 Å². The Kier molecular flexibility index (Phi) is 3.25. The molecule has 4 heteroatoms. The first-order valence-electron chi connectivity index (χ1n) is 9.99. The van der Waals surface area contributed by atoms with Crippen molar-refractivity contribution < 1.29 is 0 Å². The maximum absolute atomic E-state index is 5.11. The average molecular weight is 373 g/mol. The first-order chi connectivity index (χ1) is 14.1. The highest BCUT2D eigenvalue weighted by molar-refractivity contribution is 6.35. The maximum atomic E-state index is 5.11. The maximum Gasteiger partial charge on any atom is 0.140 e. The summed E-state index contributed by atoms with van der Waals surface area (Å²) >= 11 is 0. The predicted molar refractivity (Wildman–Crippen MR) is 126 cm³/mol. The van der Waals surface area contributed by atoms with E-state index < -0.39 is 0 Å². The molecule has 0 spiro atoms. The van der Waals surface area contributed by atoms with Crippen LogP contribution in [0.25, 0.3) is 54.9 Å². The molecule has 2 heterocycles. The molecule has 138 valence electrons. The number of rotatable bonds is 1. The molecule has 6 rings (SSSR count). The van der Waals surface area contributed by atoms with E-state index in [4.69, 9.17) is 4.98 Å². The molecule has 0 amide bonds. The van der Waals surface area contributed by atoms with Crippen LogP contribution in [-0.4, -0.2) is 22.8 Å². The average Bonchev–Trinajstić information content (AvgIpc) is 3.32. The van der Waals surface area contributed by atoms with Crippen molar-refractivity contribution >= 4 is 56.8 Å². The molecule has 0 unspecified atom stereocenters. The number of aromatic nitrogens is 3. The molecule has 0 saturated heterocycles. The Morgan fingerprint density at radius 1 is 0.759 bits per heavy atom. The third-order valence-electron chi connectivity index (χ3n) is 5.96. The van der Waals surface area contributed by atoms with Crippen molar-refractivity contribution in [1.29, 1.82) is 0 Å². The molecule has 0 atom stereocenters. The van der Waals surface area contributed by atoms with E-state index in [0.717, 1.165) is 27.9 Å². The minimum Gasteiger partial charge on any atom is -0.360 e. The number of fused-ring (bicyclic) bond motifs is 7. The smallest absolute Gasteiger partial charge is 0.140 e. The van der Waals surface area contributed by atoms with Crippen LogP contribution in [0.5, 0.6) is 0 Å². The molecule has 0 aliphatic heterocycles. The summed E-state index contributed by atoms with van der Waals surface area (Å²) in [7, 11) is 2.14. The minimum atomic E-state index is 0.911. The van der Waals surface area contributed by atoms with E-state index in [1.807, 2.05) is 0 Å². The fraction of sp³-hybridized carbons (Fsp3) is 0.0800. The Hall–Kier alpha value is -3.53. The second-order valence-electron chi connectivity index (χ2n) is 8.16. The van der Waals surface area contributed by atoms with E-state index in [-0.39, 0.29) is 0 Å². The third-order valence-corrected chi connectivity index (χ3v) is 5.96. The standard InChI is InChI=1S/C25H20BN3/c1-13-3-6-16-17-7-5-15(26)11-20(17)24-23(19(16)10-13)28-25(29-24)21-12-27-22-8-4-14(2)9-18(21)22/h3-12,27H,26H2,1-2H3,(H,28,29). The molecule has 0 aliphatic carbocycles. The summed E-state index contributed by atoms with van der Waals surface area (Å²) in [6, 6.07) is 19.8. The van der Waals surface area contributed by atoms with Gasteiger partial charge >= 0.3 is 0 Å². The van der Waals surface area contributed by atoms with Crippen molar-refractivity contribution in [2.45, 2.75) is 13.8 Å². The number of aryl methyl sites for hydroxylation is 2. The van der Waals surface area contributed by atoms with E-state index in [1.165, 1.54) is 43.5 Å². The van der Waals surface area contributed by atoms with Gasteiger partial charge in [0, 0.05) is 33.4 Å². The van der Waals surface area contributed by atoms with Gasteiger partial charge < -0.3 is 9.97 Å². The van der Waals surface area contributed by atoms with Gasteiger partial charge in [-0.25, -0.2) is 4.98 Å². The molecule has 3 nitrogen and oxygen atoms in total. The van der Waals surface area contributed by atoms with Gasteiger partial charge in [0.05, 0.1) is 11.0 Å². The summed E-state index contributed by atoms with van der Waals surface area (Å²) in [4.78, 5) is 12.2. The predicted octanol–water partition coefficient (Wildman–Crippen LogP) is 4.89. The highest BCUT2D eigenvalue weighted by Gasteiger charge is 2.16. The molecule has 2 N–H and O–H groups in total. The van der Waals surface area contributed by atoms with Crippen molar-refractivity contribution in [2.75, 3.05) is 0 Å². The third kappa shape index (κ3) is 2.35. The first-order valence-corrected chi connectivity index (χ1v) is 9.99. The molecule has 0 bridgehead atoms. The highest BCUT2D eigenvalue weighted by atomic mass is 14.9. The summed E-state index contributed by atoms with van der Waals surface area (Å²) in [5.74, 6) is 0.911. The molecule has 0 aliphatic rings. The summed E-state index contributed by atoms with van der Waals surface area (Å²) in [5, 5.41) is 6.15. The molecule has 0 saturated carbocycles. The van der Waals surface area contributed by atoms with E-state index >= 15 is 0 Å². The normalized spacial score (nSPS) is 11.9. The molecule has 2 aromatic heterocycles. The van der Waals surface area contributed by atoms with Gasteiger partial charge in [0.15, 0.2) is 0 Å². The molecule has 0 fully saturated rings. The van der Waals surface area contributed by atoms with Gasteiger partial charge in [0.2, 0.25) is 0 Å². The Balaban J connectivity index is 1.77. The van der Waals surface area contributed by atoms with Crippen molar-refractivity contribution in [1.82, 2.24) is 15.0 Å². The topological polar surface area (TPSA) is 44.5 Å². The fourth-order valence-corrected chi connectivity index (χ4v) is 4.51. The van der Waals surface area contributed by atoms with Gasteiger partial charge in [-0.3, -0.25) is 0 Å². The second-order valence-corrected chi connectivity index (χ2v) is 8.16. The summed E-state index contributed by atoms with van der Waals surface area (Å²) in [5.41, 5.74) is 8.14. The number of benzene rings is 4. The zero-order valence-corrected chi connectivity index (χ0v) is 16.7. The van der Waals surface area contributed by atoms with Crippen LogP contribution < -0.4 is 5.46 Å². The highest BCUT2D eigenvalue weighted by Crippen LogP contribution is 2.36. The number of H-pyrrole nitrogens is 2. The van der Waals surface area contributed by atoms with E-state index in [9.17, 15) is 0 Å². The van der Waals surface area contributed by atoms with Gasteiger partial charge in [-0.2, -0.15) is 0 Å². The van der Waals surface area contributed by atoms with Crippen molar-refractivity contribution in [3.05, 3.63) is 71.9 Å². The SMILES string of the molecule is Bc1ccc2c3ccc(C)cc3c3[nH]c(-c4c[nH]c5ccc(C)cc45)nc3c2c1. The molecular weight excluding hydrogens is 353 g/mol. The molecule has 4 aromatic carbocycles. The van der Waals surface area contributed by atoms with Crippen LogP contribution in [-0.2, 0) is 0 Å². The molecular formula is C25H20BN3. The van der Waals surface area contributed by atoms with Crippen LogP contribution >= 0.6 is 0 Å². The van der Waals surface area contributed by atoms with Crippen LogP contribution in [0.2, 0.25) is 0 Å². The Labute approximate surface area is 169 Å². The van der Waals surface area contributed by atoms with Gasteiger partial charge in [-0.15, -0.1) is 0 Å². The second kappa shape index (κ2) is 5.74. The number of nitrogens with zero attached hydrogens (tertiary/aromatic N) is 1. The van der Waals surface area contributed by atoms with Crippen LogP contribution in [0.4, 0.5) is 0 Å². The van der Waals surface area contributed by atoms with Crippen molar-refractivity contribution in [2.24, 2.45) is 0 Å². The van der Waals surface area contributed by atoms with Crippen LogP contribution in [0.3, 0.4) is 0 Å². The van der Waals surface area contributed by atoms with Crippen LogP contribution in [0, 0.1) is 13.8 Å². The zero-order chi connectivity index (χ0) is 19.7. The van der Waals surface area contributed by atoms with Gasteiger partial charge in [-0.05, 0) is 42.8 Å². The van der Waals surface area contributed by atoms with Crippen molar-refractivity contribution in [3.8, 4) is 11.4 Å². The lowest BCUT2D eigenvalue weighted by Crippen LogP contribution is -2.00. The summed E-state index contributed by atoms with van der Waals surface area (Å²) < 4.78 is 0. The lowest BCUT2D eigenvalue weighted by atomic mass is 9.91. The monoisotopic (exact) mass is 373 g/mol. The molecule has 29 heavy (non-hydrogen) atoms. The first kappa shape index (κ1) is 16.4. The van der Waals surface area contributed by atoms with Gasteiger partial charge in [0.25, 0.3) is 0 Å². The minimum absolute atomic E-state index is 0.911. The number of imidazole rings is 1. The fourth-order valence-electron chi connectivity index (χ4n) is 4.51. The summed E-state index contributed by atoms with van der Waals surface area (Å²) in [6.45, 7) is 4.27. The van der Waals surface area contributed by atoms with Crippen LogP contribution in [0.1, 0.15) is 11.1 Å². The molecule has 6 aromatic rings. The van der Waals surface area contributed by atoms with Crippen molar-refractivity contribution in [3.63, 3.8) is 0 Å². The van der Waals surface area contributed by atoms with E-state index in [1.54, 1.807) is 0 Å². The Bertz CT molecular complexity index is 1510.